The number of methoxy groups -OCH3 is 2. The van der Waals surface area contributed by atoms with E-state index in [1.807, 2.05) is 42.5 Å². The van der Waals surface area contributed by atoms with Gasteiger partial charge in [-0.1, -0.05) is 66.7 Å². The third-order valence-electron chi connectivity index (χ3n) is 4.49. The molecule has 0 N–H and O–H groups in total. The average molecular weight is 402 g/mol. The monoisotopic (exact) mass is 402 g/mol. The van der Waals surface area contributed by atoms with Crippen molar-refractivity contribution in [2.24, 2.45) is 0 Å². The predicted molar refractivity (Wildman–Crippen MR) is 116 cm³/mol. The van der Waals surface area contributed by atoms with Crippen LogP contribution in [0.1, 0.15) is 15.9 Å². The lowest BCUT2D eigenvalue weighted by atomic mass is 10.0. The third-order valence-corrected chi connectivity index (χ3v) is 4.49. The van der Waals surface area contributed by atoms with Crippen LogP contribution in [0.25, 0.3) is 17.2 Å². The summed E-state index contributed by atoms with van der Waals surface area (Å²) < 4.78 is 15.6. The van der Waals surface area contributed by atoms with Gasteiger partial charge in [0, 0.05) is 17.2 Å². The first-order valence-electron chi connectivity index (χ1n) is 9.37. The first kappa shape index (κ1) is 20.9. The molecule has 0 aliphatic rings. The lowest BCUT2D eigenvalue weighted by Crippen LogP contribution is -2.12. The molecule has 0 heterocycles. The van der Waals surface area contributed by atoms with Crippen LogP contribution in [-0.2, 0) is 9.53 Å². The van der Waals surface area contributed by atoms with Gasteiger partial charge in [-0.2, -0.15) is 0 Å². The Hall–Kier alpha value is -3.86. The number of ketones is 1. The molecule has 152 valence electrons. The minimum Gasteiger partial charge on any atom is -0.493 e. The number of esters is 1. The molecule has 0 spiro atoms. The van der Waals surface area contributed by atoms with Crippen molar-refractivity contribution in [2.75, 3.05) is 20.8 Å². The number of hydrogen-bond donors (Lipinski definition) is 0. The Morgan fingerprint density at radius 1 is 0.800 bits per heavy atom. The number of benzene rings is 3. The van der Waals surface area contributed by atoms with Gasteiger partial charge in [0.2, 0.25) is 0 Å². The lowest BCUT2D eigenvalue weighted by Gasteiger charge is -2.09. The first-order valence-corrected chi connectivity index (χ1v) is 9.37. The van der Waals surface area contributed by atoms with Crippen LogP contribution in [0.5, 0.6) is 11.5 Å². The van der Waals surface area contributed by atoms with Crippen molar-refractivity contribution in [3.63, 3.8) is 0 Å². The normalized spacial score (nSPS) is 10.6. The molecule has 0 saturated heterocycles. The third kappa shape index (κ3) is 5.14. The molecule has 5 nitrogen and oxygen atoms in total. The summed E-state index contributed by atoms with van der Waals surface area (Å²) in [5.74, 6) is 0.185. The van der Waals surface area contributed by atoms with E-state index in [1.54, 1.807) is 36.4 Å². The second kappa shape index (κ2) is 10.1. The molecule has 30 heavy (non-hydrogen) atoms. The Kier molecular flexibility index (Phi) is 7.00. The summed E-state index contributed by atoms with van der Waals surface area (Å²) in [6, 6.07) is 22.4. The highest BCUT2D eigenvalue weighted by Gasteiger charge is 2.10. The van der Waals surface area contributed by atoms with Crippen LogP contribution in [0, 0.1) is 0 Å². The fourth-order valence-electron chi connectivity index (χ4n) is 2.95. The van der Waals surface area contributed by atoms with E-state index >= 15 is 0 Å². The fourth-order valence-corrected chi connectivity index (χ4v) is 2.95. The van der Waals surface area contributed by atoms with E-state index < -0.39 is 5.97 Å². The Bertz CT molecular complexity index is 1040. The Labute approximate surface area is 175 Å². The van der Waals surface area contributed by atoms with Gasteiger partial charge in [0.1, 0.15) is 0 Å². The zero-order valence-electron chi connectivity index (χ0n) is 16.8. The van der Waals surface area contributed by atoms with Gasteiger partial charge in [-0.05, 0) is 23.3 Å². The van der Waals surface area contributed by atoms with Crippen molar-refractivity contribution in [3.05, 3.63) is 90.0 Å². The molecular weight excluding hydrogens is 380 g/mol. The second-order valence-corrected chi connectivity index (χ2v) is 6.39. The van der Waals surface area contributed by atoms with E-state index in [1.165, 1.54) is 20.3 Å². The van der Waals surface area contributed by atoms with Crippen molar-refractivity contribution in [2.45, 2.75) is 0 Å². The Morgan fingerprint density at radius 3 is 2.17 bits per heavy atom. The predicted octanol–water partition coefficient (Wildman–Crippen LogP) is 4.81. The van der Waals surface area contributed by atoms with E-state index in [4.69, 9.17) is 14.2 Å². The molecule has 3 aromatic carbocycles. The maximum Gasteiger partial charge on any atom is 0.331 e. The zero-order valence-corrected chi connectivity index (χ0v) is 16.8. The van der Waals surface area contributed by atoms with Crippen molar-refractivity contribution in [3.8, 4) is 22.6 Å². The molecule has 0 aliphatic carbocycles. The molecule has 0 saturated carbocycles. The molecule has 0 aliphatic heterocycles. The molecule has 0 atom stereocenters. The summed E-state index contributed by atoms with van der Waals surface area (Å²) in [6.45, 7) is -0.330. The SMILES string of the molecule is COc1cccc(/C=C/C(=O)OCC(=O)c2ccc(-c3ccccc3)cc2)c1OC. The van der Waals surface area contributed by atoms with Crippen LogP contribution in [-0.4, -0.2) is 32.6 Å². The number of carbonyl (C=O) groups is 2. The van der Waals surface area contributed by atoms with E-state index in [-0.39, 0.29) is 12.4 Å². The van der Waals surface area contributed by atoms with Crippen LogP contribution in [0.2, 0.25) is 0 Å². The maximum atomic E-state index is 12.3. The highest BCUT2D eigenvalue weighted by molar-refractivity contribution is 5.99. The Morgan fingerprint density at radius 2 is 1.50 bits per heavy atom. The number of hydrogen-bond acceptors (Lipinski definition) is 5. The maximum absolute atomic E-state index is 12.3. The van der Waals surface area contributed by atoms with Gasteiger partial charge in [-0.15, -0.1) is 0 Å². The van der Waals surface area contributed by atoms with E-state index in [0.29, 0.717) is 22.6 Å². The molecule has 0 unspecified atom stereocenters. The summed E-state index contributed by atoms with van der Waals surface area (Å²) in [4.78, 5) is 24.3. The average Bonchev–Trinajstić information content (AvgIpc) is 2.81. The largest absolute Gasteiger partial charge is 0.493 e. The van der Waals surface area contributed by atoms with Crippen LogP contribution in [0.15, 0.2) is 78.9 Å². The molecule has 0 fully saturated rings. The molecule has 3 rings (SSSR count). The summed E-state index contributed by atoms with van der Waals surface area (Å²) in [6.07, 6.45) is 2.81. The molecule has 0 amide bonds. The number of rotatable bonds is 8. The second-order valence-electron chi connectivity index (χ2n) is 6.39. The molecule has 0 aromatic heterocycles. The van der Waals surface area contributed by atoms with Crippen LogP contribution in [0.4, 0.5) is 0 Å². The van der Waals surface area contributed by atoms with Gasteiger partial charge in [0.25, 0.3) is 0 Å². The van der Waals surface area contributed by atoms with Gasteiger partial charge in [0.15, 0.2) is 23.9 Å². The van der Waals surface area contributed by atoms with Crippen molar-refractivity contribution in [1.29, 1.82) is 0 Å². The number of Topliss-reactive ketones (excluding diaryl/α,β-unsaturated/α-hetero) is 1. The first-order chi connectivity index (χ1) is 14.6. The van der Waals surface area contributed by atoms with E-state index in [9.17, 15) is 9.59 Å². The van der Waals surface area contributed by atoms with Gasteiger partial charge >= 0.3 is 5.97 Å². The topological polar surface area (TPSA) is 61.8 Å². The molecular formula is C25H22O5. The molecule has 3 aromatic rings. The van der Waals surface area contributed by atoms with E-state index in [0.717, 1.165) is 11.1 Å². The lowest BCUT2D eigenvalue weighted by molar-refractivity contribution is -0.136. The minimum atomic E-state index is -0.617. The van der Waals surface area contributed by atoms with Gasteiger partial charge < -0.3 is 14.2 Å². The fraction of sp³-hybridized carbons (Fsp3) is 0.120. The van der Waals surface area contributed by atoms with Crippen LogP contribution < -0.4 is 9.47 Å². The number of carbonyl (C=O) groups excluding carboxylic acids is 2. The van der Waals surface area contributed by atoms with Crippen LogP contribution >= 0.6 is 0 Å². The Balaban J connectivity index is 1.58. The highest BCUT2D eigenvalue weighted by atomic mass is 16.5. The summed E-state index contributed by atoms with van der Waals surface area (Å²) in [7, 11) is 3.06. The van der Waals surface area contributed by atoms with Gasteiger partial charge in [-0.25, -0.2) is 4.79 Å². The number of para-hydroxylation sites is 1. The molecule has 0 radical (unpaired) electrons. The van der Waals surface area contributed by atoms with Gasteiger partial charge in [0.05, 0.1) is 14.2 Å². The summed E-state index contributed by atoms with van der Waals surface area (Å²) >= 11 is 0. The number of ether oxygens (including phenoxy) is 3. The van der Waals surface area contributed by atoms with Gasteiger partial charge in [-0.3, -0.25) is 4.79 Å². The highest BCUT2D eigenvalue weighted by Crippen LogP contribution is 2.31. The summed E-state index contributed by atoms with van der Waals surface area (Å²) in [5, 5.41) is 0. The van der Waals surface area contributed by atoms with Crippen molar-refractivity contribution >= 4 is 17.8 Å². The quantitative estimate of drug-likeness (QED) is 0.307. The minimum absolute atomic E-state index is 0.268. The van der Waals surface area contributed by atoms with Crippen molar-refractivity contribution < 1.29 is 23.8 Å². The standard InChI is InChI=1S/C25H22O5/c1-28-23-10-6-9-21(25(23)29-2)15-16-24(27)30-17-22(26)20-13-11-19(12-14-20)18-7-4-3-5-8-18/h3-16H,17H2,1-2H3/b16-15+. The summed E-state index contributed by atoms with van der Waals surface area (Å²) in [5.41, 5.74) is 3.23. The molecule has 0 bridgehead atoms. The zero-order chi connectivity index (χ0) is 21.3. The smallest absolute Gasteiger partial charge is 0.331 e. The van der Waals surface area contributed by atoms with Crippen molar-refractivity contribution in [1.82, 2.24) is 0 Å². The molecule has 5 heteroatoms. The van der Waals surface area contributed by atoms with E-state index in [2.05, 4.69) is 0 Å². The van der Waals surface area contributed by atoms with Crippen LogP contribution in [0.3, 0.4) is 0 Å².